The van der Waals surface area contributed by atoms with Crippen LogP contribution in [0.15, 0.2) is 65.0 Å². The number of aromatic hydroxyl groups is 1. The summed E-state index contributed by atoms with van der Waals surface area (Å²) in [5, 5.41) is 28.6. The van der Waals surface area contributed by atoms with Gasteiger partial charge in [-0.3, -0.25) is 0 Å². The van der Waals surface area contributed by atoms with E-state index in [1.165, 1.54) is 13.0 Å². The minimum atomic E-state index is -1.09. The number of benzene rings is 2. The minimum Gasteiger partial charge on any atom is -0.505 e. The van der Waals surface area contributed by atoms with Crippen LogP contribution in [-0.4, -0.2) is 27.3 Å². The molecule has 3 rings (SSSR count). The summed E-state index contributed by atoms with van der Waals surface area (Å²) in [5.74, 6) is -0.464. The second kappa shape index (κ2) is 6.96. The second-order valence-electron chi connectivity index (χ2n) is 5.27. The molecule has 2 N–H and O–H groups in total. The van der Waals surface area contributed by atoms with E-state index in [1.807, 2.05) is 0 Å². The zero-order chi connectivity index (χ0) is 17.8. The summed E-state index contributed by atoms with van der Waals surface area (Å²) in [4.78, 5) is 15.1. The van der Waals surface area contributed by atoms with Gasteiger partial charge in [-0.2, -0.15) is 0 Å². The number of nitrogens with zero attached hydrogens (tertiary/aromatic N) is 3. The van der Waals surface area contributed by atoms with Crippen LogP contribution in [0.3, 0.4) is 0 Å². The molecule has 0 amide bonds. The number of phenolic OH excluding ortho intramolecular Hbond substituents is 1. The number of rotatable bonds is 5. The van der Waals surface area contributed by atoms with E-state index >= 15 is 0 Å². The van der Waals surface area contributed by atoms with Gasteiger partial charge in [-0.05, 0) is 19.1 Å². The lowest BCUT2D eigenvalue weighted by atomic mass is 10.1. The number of hydrogen-bond donors (Lipinski definition) is 2. The highest BCUT2D eigenvalue weighted by atomic mass is 16.5. The van der Waals surface area contributed by atoms with Gasteiger partial charge >= 0.3 is 5.97 Å². The molecule has 0 aliphatic carbocycles. The van der Waals surface area contributed by atoms with Gasteiger partial charge in [0.15, 0.2) is 17.7 Å². The summed E-state index contributed by atoms with van der Waals surface area (Å²) >= 11 is 0. The number of phenols is 1. The predicted octanol–water partition coefficient (Wildman–Crippen LogP) is 4.21. The zero-order valence-electron chi connectivity index (χ0n) is 13.3. The molecule has 0 aliphatic heterocycles. The van der Waals surface area contributed by atoms with Crippen LogP contribution in [-0.2, 0) is 4.79 Å². The molecule has 0 aliphatic rings. The van der Waals surface area contributed by atoms with Crippen molar-refractivity contribution in [2.24, 2.45) is 10.2 Å². The van der Waals surface area contributed by atoms with E-state index in [-0.39, 0.29) is 11.4 Å². The van der Waals surface area contributed by atoms with Gasteiger partial charge in [-0.1, -0.05) is 30.3 Å². The molecule has 3 aromatic rings. The highest BCUT2D eigenvalue weighted by molar-refractivity contribution is 5.97. The van der Waals surface area contributed by atoms with E-state index in [0.29, 0.717) is 22.3 Å². The molecule has 0 fully saturated rings. The summed E-state index contributed by atoms with van der Waals surface area (Å²) in [7, 11) is 0. The van der Waals surface area contributed by atoms with E-state index < -0.39 is 12.1 Å². The number of carboxylic acid groups (broad SMARTS) is 1. The highest BCUT2D eigenvalue weighted by Crippen LogP contribution is 2.41. The Kier molecular flexibility index (Phi) is 4.56. The fourth-order valence-electron chi connectivity index (χ4n) is 2.25. The SMILES string of the molecule is CC(Oc1cc(N=Nc2ccccn2)c(O)c2ccccc12)C(=O)O. The first-order chi connectivity index (χ1) is 12.1. The highest BCUT2D eigenvalue weighted by Gasteiger charge is 2.17. The molecular formula is C18H15N3O4. The van der Waals surface area contributed by atoms with Crippen molar-refractivity contribution in [1.82, 2.24) is 4.98 Å². The first-order valence-electron chi connectivity index (χ1n) is 7.53. The molecular weight excluding hydrogens is 322 g/mol. The molecule has 7 nitrogen and oxygen atoms in total. The van der Waals surface area contributed by atoms with Crippen LogP contribution in [0, 0.1) is 0 Å². The number of fused-ring (bicyclic) bond motifs is 1. The molecule has 126 valence electrons. The van der Waals surface area contributed by atoms with Crippen molar-refractivity contribution >= 4 is 28.2 Å². The van der Waals surface area contributed by atoms with Crippen molar-refractivity contribution in [3.63, 3.8) is 0 Å². The van der Waals surface area contributed by atoms with Gasteiger partial charge in [0.1, 0.15) is 11.4 Å². The Hall–Kier alpha value is -3.48. The zero-order valence-corrected chi connectivity index (χ0v) is 13.3. The van der Waals surface area contributed by atoms with Crippen LogP contribution in [0.2, 0.25) is 0 Å². The van der Waals surface area contributed by atoms with Crippen LogP contribution < -0.4 is 4.74 Å². The summed E-state index contributed by atoms with van der Waals surface area (Å²) in [6.07, 6.45) is 0.533. The standard InChI is InChI=1S/C18H15N3O4/c1-11(18(23)24)25-15-10-14(20-21-16-8-4-5-9-19-16)17(22)13-7-3-2-6-12(13)15/h2-11,22H,1H3,(H,23,24). The smallest absolute Gasteiger partial charge is 0.344 e. The average Bonchev–Trinajstić information content (AvgIpc) is 2.63. The Morgan fingerprint density at radius 3 is 2.52 bits per heavy atom. The Morgan fingerprint density at radius 2 is 1.84 bits per heavy atom. The van der Waals surface area contributed by atoms with E-state index in [0.717, 1.165) is 0 Å². The van der Waals surface area contributed by atoms with Crippen LogP contribution in [0.4, 0.5) is 11.5 Å². The molecule has 0 saturated heterocycles. The van der Waals surface area contributed by atoms with Gasteiger partial charge in [0, 0.05) is 23.0 Å². The number of aliphatic carboxylic acids is 1. The summed E-state index contributed by atoms with van der Waals surface area (Å²) < 4.78 is 5.51. The van der Waals surface area contributed by atoms with Crippen molar-refractivity contribution in [2.75, 3.05) is 0 Å². The molecule has 1 atom stereocenters. The van der Waals surface area contributed by atoms with E-state index in [2.05, 4.69) is 15.2 Å². The molecule has 0 saturated carbocycles. The van der Waals surface area contributed by atoms with Gasteiger partial charge in [0.2, 0.25) is 0 Å². The minimum absolute atomic E-state index is 0.0643. The Balaban J connectivity index is 2.08. The van der Waals surface area contributed by atoms with Gasteiger partial charge in [0.25, 0.3) is 0 Å². The number of azo groups is 1. The van der Waals surface area contributed by atoms with Crippen LogP contribution in [0.25, 0.3) is 10.8 Å². The molecule has 25 heavy (non-hydrogen) atoms. The molecule has 0 spiro atoms. The van der Waals surface area contributed by atoms with Crippen LogP contribution in [0.1, 0.15) is 6.92 Å². The van der Waals surface area contributed by atoms with Gasteiger partial charge in [0.05, 0.1) is 0 Å². The number of carboxylic acids is 1. The van der Waals surface area contributed by atoms with Gasteiger partial charge < -0.3 is 14.9 Å². The lowest BCUT2D eigenvalue weighted by Crippen LogP contribution is -2.22. The topological polar surface area (TPSA) is 104 Å². The van der Waals surface area contributed by atoms with Gasteiger partial charge in [-0.15, -0.1) is 10.2 Å². The number of aromatic nitrogens is 1. The molecule has 0 bridgehead atoms. The third-order valence-electron chi connectivity index (χ3n) is 3.52. The van der Waals surface area contributed by atoms with Crippen molar-refractivity contribution < 1.29 is 19.7 Å². The number of ether oxygens (including phenoxy) is 1. The normalized spacial score (nSPS) is 12.4. The molecule has 1 unspecified atom stereocenters. The van der Waals surface area contributed by atoms with Crippen LogP contribution in [0.5, 0.6) is 11.5 Å². The lowest BCUT2D eigenvalue weighted by Gasteiger charge is -2.14. The maximum absolute atomic E-state index is 11.1. The Labute approximate surface area is 143 Å². The molecule has 0 radical (unpaired) electrons. The van der Waals surface area contributed by atoms with E-state index in [4.69, 9.17) is 9.84 Å². The largest absolute Gasteiger partial charge is 0.505 e. The molecule has 7 heteroatoms. The van der Waals surface area contributed by atoms with Crippen molar-refractivity contribution in [3.05, 3.63) is 54.7 Å². The van der Waals surface area contributed by atoms with E-state index in [9.17, 15) is 9.90 Å². The summed E-state index contributed by atoms with van der Waals surface area (Å²) in [5.41, 5.74) is 0.164. The monoisotopic (exact) mass is 337 g/mol. The number of hydrogen-bond acceptors (Lipinski definition) is 6. The Morgan fingerprint density at radius 1 is 1.12 bits per heavy atom. The summed E-state index contributed by atoms with van der Waals surface area (Å²) in [6.45, 7) is 1.43. The third-order valence-corrected chi connectivity index (χ3v) is 3.52. The number of pyridine rings is 1. The predicted molar refractivity (Wildman–Crippen MR) is 91.8 cm³/mol. The van der Waals surface area contributed by atoms with Gasteiger partial charge in [-0.25, -0.2) is 9.78 Å². The quantitative estimate of drug-likeness (QED) is 0.679. The summed E-state index contributed by atoms with van der Waals surface area (Å²) in [6, 6.07) is 13.6. The fourth-order valence-corrected chi connectivity index (χ4v) is 2.25. The molecule has 1 heterocycles. The fraction of sp³-hybridized carbons (Fsp3) is 0.111. The van der Waals surface area contributed by atoms with Crippen molar-refractivity contribution in [1.29, 1.82) is 0 Å². The van der Waals surface area contributed by atoms with Crippen molar-refractivity contribution in [2.45, 2.75) is 13.0 Å². The first-order valence-corrected chi connectivity index (χ1v) is 7.53. The molecule has 1 aromatic heterocycles. The second-order valence-corrected chi connectivity index (χ2v) is 5.27. The van der Waals surface area contributed by atoms with E-state index in [1.54, 1.807) is 48.7 Å². The maximum atomic E-state index is 11.1. The van der Waals surface area contributed by atoms with Crippen molar-refractivity contribution in [3.8, 4) is 11.5 Å². The first kappa shape index (κ1) is 16.4. The van der Waals surface area contributed by atoms with Crippen LogP contribution >= 0.6 is 0 Å². The maximum Gasteiger partial charge on any atom is 0.344 e. The number of carbonyl (C=O) groups is 1. The molecule has 2 aromatic carbocycles. The third kappa shape index (κ3) is 3.55. The average molecular weight is 337 g/mol. The lowest BCUT2D eigenvalue weighted by molar-refractivity contribution is -0.144. The Bertz CT molecular complexity index is 942.